The van der Waals surface area contributed by atoms with Gasteiger partial charge in [-0.1, -0.05) is 37.6 Å². The minimum absolute atomic E-state index is 0.00389. The summed E-state index contributed by atoms with van der Waals surface area (Å²) in [5.74, 6) is -1.23. The molecule has 4 aromatic rings. The minimum Gasteiger partial charge on any atom is -0.454 e. The zero-order chi connectivity index (χ0) is 36.3. The van der Waals surface area contributed by atoms with Crippen molar-refractivity contribution in [1.82, 2.24) is 15.0 Å². The van der Waals surface area contributed by atoms with Crippen molar-refractivity contribution in [2.24, 2.45) is 5.41 Å². The molecule has 14 heteroatoms. The maximum atomic E-state index is 13.0. The molecular formula is C36H34ClF3N6O4. The Hall–Kier alpha value is -5.35. The third kappa shape index (κ3) is 12.3. The Kier molecular flexibility index (Phi) is 12.6. The molecule has 4 rings (SSSR count). The molecule has 50 heavy (non-hydrogen) atoms. The summed E-state index contributed by atoms with van der Waals surface area (Å²) in [4.78, 5) is 50.3. The molecular weight excluding hydrogens is 673 g/mol. The Morgan fingerprint density at radius 2 is 1.62 bits per heavy atom. The largest absolute Gasteiger partial charge is 0.454 e. The number of halogens is 4. The maximum absolute atomic E-state index is 13.0. The highest BCUT2D eigenvalue weighted by atomic mass is 35.5. The van der Waals surface area contributed by atoms with E-state index < -0.39 is 35.9 Å². The molecule has 2 aromatic heterocycles. The van der Waals surface area contributed by atoms with Crippen LogP contribution in [0.3, 0.4) is 0 Å². The second-order valence-corrected chi connectivity index (χ2v) is 12.7. The number of hydrogen-bond acceptors (Lipinski definition) is 9. The van der Waals surface area contributed by atoms with E-state index in [0.717, 1.165) is 5.56 Å². The Bertz CT molecular complexity index is 1840. The predicted molar refractivity (Wildman–Crippen MR) is 181 cm³/mol. The molecule has 0 radical (unpaired) electrons. The Balaban J connectivity index is 1.31. The molecule has 0 aliphatic carbocycles. The number of aromatic nitrogens is 3. The Labute approximate surface area is 292 Å². The molecule has 0 spiro atoms. The number of hydrogen-bond donors (Lipinski definition) is 2. The lowest BCUT2D eigenvalue weighted by molar-refractivity contribution is -0.154. The standard InChI is InChI=1S/C36H34ClF3N6O4/c1-35(2,16-14-31(48)33(49)44-27-10-5-23(19-41)6-11-27)15-13-30(47)25-7-12-28(42-21-25)17-29-18-32(43-20-24-3-8-26(37)9-4-24)46-34(45-29)50-22-36(38,39)40/h3-12,18,21H,13-17,20,22H2,1-2H3,(H,44,49)(H,43,45,46). The summed E-state index contributed by atoms with van der Waals surface area (Å²) in [6.07, 6.45) is -1.96. The van der Waals surface area contributed by atoms with Crippen LogP contribution in [0.15, 0.2) is 72.9 Å². The molecule has 2 heterocycles. The van der Waals surface area contributed by atoms with Gasteiger partial charge in [-0.15, -0.1) is 0 Å². The van der Waals surface area contributed by atoms with Crippen LogP contribution in [0.1, 0.15) is 72.4 Å². The van der Waals surface area contributed by atoms with Crippen LogP contribution >= 0.6 is 11.6 Å². The molecule has 0 aliphatic rings. The highest BCUT2D eigenvalue weighted by Crippen LogP contribution is 2.29. The maximum Gasteiger partial charge on any atom is 0.422 e. The van der Waals surface area contributed by atoms with Crippen LogP contribution in [0, 0.1) is 16.7 Å². The molecule has 10 nitrogen and oxygen atoms in total. The number of anilines is 2. The first-order valence-electron chi connectivity index (χ1n) is 15.6. The van der Waals surface area contributed by atoms with Crippen LogP contribution in [0.5, 0.6) is 6.01 Å². The summed E-state index contributed by atoms with van der Waals surface area (Å²) in [6.45, 7) is 2.61. The third-order valence-corrected chi connectivity index (χ3v) is 7.85. The SMILES string of the molecule is CC(C)(CCC(=O)C(=O)Nc1ccc(C#N)cc1)CCC(=O)c1ccc(Cc2cc(NCc3ccc(Cl)cc3)nc(OCC(F)(F)F)n2)nc1. The topological polar surface area (TPSA) is 147 Å². The lowest BCUT2D eigenvalue weighted by atomic mass is 9.81. The Morgan fingerprint density at radius 3 is 2.26 bits per heavy atom. The van der Waals surface area contributed by atoms with Gasteiger partial charge < -0.3 is 15.4 Å². The molecule has 2 N–H and O–H groups in total. The number of carbonyl (C=O) groups is 3. The molecule has 0 saturated carbocycles. The number of nitrogens with zero attached hydrogens (tertiary/aromatic N) is 4. The summed E-state index contributed by atoms with van der Waals surface area (Å²) < 4.78 is 43.3. The molecule has 0 bridgehead atoms. The van der Waals surface area contributed by atoms with Crippen LogP contribution in [-0.4, -0.2) is 45.2 Å². The first kappa shape index (κ1) is 37.5. The molecule has 260 valence electrons. The summed E-state index contributed by atoms with van der Waals surface area (Å²) in [5, 5.41) is 15.0. The lowest BCUT2D eigenvalue weighted by Crippen LogP contribution is -2.25. The van der Waals surface area contributed by atoms with Crippen molar-refractivity contribution in [3.05, 3.63) is 106 Å². The van der Waals surface area contributed by atoms with Crippen LogP contribution < -0.4 is 15.4 Å². The molecule has 0 unspecified atom stereocenters. The summed E-state index contributed by atoms with van der Waals surface area (Å²) in [6, 6.07) is 19.6. The van der Waals surface area contributed by atoms with Gasteiger partial charge in [-0.3, -0.25) is 19.4 Å². The number of Topliss-reactive ketones (excluding diaryl/α,β-unsaturated/α-hetero) is 2. The highest BCUT2D eigenvalue weighted by Gasteiger charge is 2.29. The van der Waals surface area contributed by atoms with Crippen molar-refractivity contribution in [2.75, 3.05) is 17.2 Å². The van der Waals surface area contributed by atoms with Gasteiger partial charge >= 0.3 is 12.2 Å². The second-order valence-electron chi connectivity index (χ2n) is 12.3. The van der Waals surface area contributed by atoms with Gasteiger partial charge in [0.05, 0.1) is 17.3 Å². The fourth-order valence-corrected chi connectivity index (χ4v) is 4.78. The number of alkyl halides is 3. The van der Waals surface area contributed by atoms with E-state index >= 15 is 0 Å². The minimum atomic E-state index is -4.57. The fraction of sp³-hybridized carbons (Fsp3) is 0.306. The van der Waals surface area contributed by atoms with Gasteiger partial charge in [0.25, 0.3) is 5.91 Å². The number of ether oxygens (including phenoxy) is 1. The summed E-state index contributed by atoms with van der Waals surface area (Å²) in [5.41, 5.74) is 2.55. The van der Waals surface area contributed by atoms with Gasteiger partial charge in [-0.05, 0) is 72.4 Å². The number of carbonyl (C=O) groups excluding carboxylic acids is 3. The van der Waals surface area contributed by atoms with Gasteiger partial charge in [-0.25, -0.2) is 0 Å². The van der Waals surface area contributed by atoms with Gasteiger partial charge in [0, 0.05) is 60.0 Å². The van der Waals surface area contributed by atoms with E-state index in [1.165, 1.54) is 18.3 Å². The number of ketones is 2. The zero-order valence-corrected chi connectivity index (χ0v) is 28.1. The van der Waals surface area contributed by atoms with Crippen molar-refractivity contribution in [2.45, 2.75) is 58.7 Å². The number of amides is 1. The van der Waals surface area contributed by atoms with Gasteiger partial charge in [0.2, 0.25) is 5.78 Å². The van der Waals surface area contributed by atoms with E-state index in [2.05, 4.69) is 25.6 Å². The van der Waals surface area contributed by atoms with Crippen LogP contribution in [0.25, 0.3) is 0 Å². The van der Waals surface area contributed by atoms with Crippen molar-refractivity contribution < 1.29 is 32.3 Å². The van der Waals surface area contributed by atoms with E-state index in [0.29, 0.717) is 52.6 Å². The first-order valence-corrected chi connectivity index (χ1v) is 15.9. The quantitative estimate of drug-likeness (QED) is 0.0892. The van der Waals surface area contributed by atoms with Crippen molar-refractivity contribution >= 4 is 40.6 Å². The lowest BCUT2D eigenvalue weighted by Gasteiger charge is -2.23. The predicted octanol–water partition coefficient (Wildman–Crippen LogP) is 7.52. The first-order chi connectivity index (χ1) is 23.7. The molecule has 0 saturated heterocycles. The third-order valence-electron chi connectivity index (χ3n) is 7.60. The van der Waals surface area contributed by atoms with Crippen molar-refractivity contribution in [1.29, 1.82) is 5.26 Å². The average Bonchev–Trinajstić information content (AvgIpc) is 3.09. The molecule has 1 amide bonds. The number of pyridine rings is 1. The highest BCUT2D eigenvalue weighted by molar-refractivity contribution is 6.40. The van der Waals surface area contributed by atoms with Crippen LogP contribution in [0.4, 0.5) is 24.7 Å². The van der Waals surface area contributed by atoms with Crippen molar-refractivity contribution in [3.8, 4) is 12.1 Å². The van der Waals surface area contributed by atoms with E-state index in [-0.39, 0.29) is 30.9 Å². The smallest absolute Gasteiger partial charge is 0.422 e. The van der Waals surface area contributed by atoms with Gasteiger partial charge in [0.1, 0.15) is 5.82 Å². The monoisotopic (exact) mass is 706 g/mol. The van der Waals surface area contributed by atoms with Crippen molar-refractivity contribution in [3.63, 3.8) is 0 Å². The van der Waals surface area contributed by atoms with Gasteiger partial charge in [0.15, 0.2) is 12.4 Å². The van der Waals surface area contributed by atoms with E-state index in [9.17, 15) is 27.6 Å². The summed E-state index contributed by atoms with van der Waals surface area (Å²) in [7, 11) is 0. The van der Waals surface area contributed by atoms with Gasteiger partial charge in [-0.2, -0.15) is 28.4 Å². The Morgan fingerprint density at radius 1 is 0.920 bits per heavy atom. The summed E-state index contributed by atoms with van der Waals surface area (Å²) >= 11 is 5.93. The molecule has 0 aliphatic heterocycles. The molecule has 2 aromatic carbocycles. The van der Waals surface area contributed by atoms with E-state index in [4.69, 9.17) is 21.6 Å². The average molecular weight is 707 g/mol. The van der Waals surface area contributed by atoms with E-state index in [1.54, 1.807) is 54.6 Å². The zero-order valence-electron chi connectivity index (χ0n) is 27.3. The fourth-order valence-electron chi connectivity index (χ4n) is 4.66. The van der Waals surface area contributed by atoms with E-state index in [1.807, 2.05) is 19.9 Å². The molecule has 0 fully saturated rings. The number of benzene rings is 2. The molecule has 0 atom stereocenters. The number of nitrogens with one attached hydrogen (secondary N) is 2. The number of nitriles is 1. The van der Waals surface area contributed by atoms with Crippen LogP contribution in [0.2, 0.25) is 5.02 Å². The number of rotatable bonds is 16. The second kappa shape index (κ2) is 16.8. The normalized spacial score (nSPS) is 11.4. The van der Waals surface area contributed by atoms with Crippen LogP contribution in [-0.2, 0) is 22.6 Å².